The average Bonchev–Trinajstić information content (AvgIpc) is 2.76. The van der Waals surface area contributed by atoms with Crippen LogP contribution in [0.1, 0.15) is 16.2 Å². The van der Waals surface area contributed by atoms with E-state index in [-0.39, 0.29) is 12.4 Å². The summed E-state index contributed by atoms with van der Waals surface area (Å²) < 4.78 is 19.1. The number of hydrogen-bond donors (Lipinski definition) is 0. The number of carbonyl (C=O) groups excluding carboxylic acids is 1. The minimum absolute atomic E-state index is 0.0621. The number of aromatic nitrogens is 3. The molecule has 6 nitrogen and oxygen atoms in total. The first kappa shape index (κ1) is 12.2. The zero-order chi connectivity index (χ0) is 14.1. The second-order valence-corrected chi connectivity index (χ2v) is 4.12. The van der Waals surface area contributed by atoms with E-state index in [1.807, 2.05) is 0 Å². The van der Waals surface area contributed by atoms with E-state index >= 15 is 0 Å². The zero-order valence-corrected chi connectivity index (χ0v) is 10.1. The Bertz CT molecular complexity index is 836. The molecule has 0 radical (unpaired) electrons. The predicted molar refractivity (Wildman–Crippen MR) is 67.0 cm³/mol. The summed E-state index contributed by atoms with van der Waals surface area (Å²) in [5.74, 6) is -0.847. The quantitative estimate of drug-likeness (QED) is 0.674. The molecule has 0 aliphatic carbocycles. The molecule has 0 fully saturated rings. The Morgan fingerprint density at radius 3 is 2.75 bits per heavy atom. The maximum atomic E-state index is 12.7. The summed E-state index contributed by atoms with van der Waals surface area (Å²) in [7, 11) is 0. The fourth-order valence-electron chi connectivity index (χ4n) is 1.87. The molecule has 3 aromatic rings. The second kappa shape index (κ2) is 4.69. The third-order valence-electron chi connectivity index (χ3n) is 2.80. The molecule has 0 N–H and O–H groups in total. The van der Waals surface area contributed by atoms with Crippen LogP contribution in [-0.2, 0) is 6.54 Å². The topological polar surface area (TPSA) is 78.0 Å². The molecule has 0 unspecified atom stereocenters. The lowest BCUT2D eigenvalue weighted by molar-refractivity contribution is 0.112. The fraction of sp³-hybridized carbons (Fsp3) is 0.0769. The maximum Gasteiger partial charge on any atom is 0.420 e. The van der Waals surface area contributed by atoms with Crippen LogP contribution in [-0.4, -0.2) is 20.8 Å². The van der Waals surface area contributed by atoms with Gasteiger partial charge < -0.3 is 4.42 Å². The van der Waals surface area contributed by atoms with Crippen molar-refractivity contribution in [2.75, 3.05) is 0 Å². The molecule has 0 aliphatic heterocycles. The van der Waals surface area contributed by atoms with Gasteiger partial charge in [-0.1, -0.05) is 0 Å². The minimum Gasteiger partial charge on any atom is -0.408 e. The summed E-state index contributed by atoms with van der Waals surface area (Å²) in [5, 5.41) is 0. The highest BCUT2D eigenvalue weighted by molar-refractivity contribution is 5.83. The van der Waals surface area contributed by atoms with E-state index in [0.29, 0.717) is 22.9 Å². The first-order valence-corrected chi connectivity index (χ1v) is 5.72. The number of oxazole rings is 1. The first-order chi connectivity index (χ1) is 9.67. The first-order valence-electron chi connectivity index (χ1n) is 5.72. The number of carbonyl (C=O) groups is 1. The Morgan fingerprint density at radius 1 is 1.30 bits per heavy atom. The van der Waals surface area contributed by atoms with Gasteiger partial charge in [-0.05, 0) is 18.2 Å². The molecule has 2 aromatic heterocycles. The van der Waals surface area contributed by atoms with Crippen molar-refractivity contribution >= 4 is 17.4 Å². The molecule has 0 saturated carbocycles. The minimum atomic E-state index is -0.587. The zero-order valence-electron chi connectivity index (χ0n) is 10.1. The number of hydrogen-bond acceptors (Lipinski definition) is 5. The van der Waals surface area contributed by atoms with E-state index < -0.39 is 11.6 Å². The molecule has 2 heterocycles. The third-order valence-corrected chi connectivity index (χ3v) is 2.80. The summed E-state index contributed by atoms with van der Waals surface area (Å²) in [6.07, 6.45) is 2.72. The van der Waals surface area contributed by atoms with Crippen molar-refractivity contribution in [1.82, 2.24) is 14.5 Å². The Balaban J connectivity index is 2.07. The lowest BCUT2D eigenvalue weighted by Crippen LogP contribution is -2.16. The lowest BCUT2D eigenvalue weighted by atomic mass is 10.2. The molecule has 0 aliphatic rings. The van der Waals surface area contributed by atoms with Crippen LogP contribution in [0, 0.1) is 5.82 Å². The van der Waals surface area contributed by atoms with E-state index in [2.05, 4.69) is 9.97 Å². The number of nitrogens with zero attached hydrogens (tertiary/aromatic N) is 3. The number of halogens is 1. The molecule has 7 heteroatoms. The fourth-order valence-corrected chi connectivity index (χ4v) is 1.87. The Labute approximate surface area is 111 Å². The van der Waals surface area contributed by atoms with E-state index in [1.165, 1.54) is 10.6 Å². The van der Waals surface area contributed by atoms with Crippen molar-refractivity contribution in [3.05, 3.63) is 58.3 Å². The van der Waals surface area contributed by atoms with Crippen LogP contribution in [0.15, 0.2) is 39.8 Å². The van der Waals surface area contributed by atoms with E-state index in [1.54, 1.807) is 12.1 Å². The van der Waals surface area contributed by atoms with E-state index in [0.717, 1.165) is 12.4 Å². The van der Waals surface area contributed by atoms with Gasteiger partial charge in [-0.3, -0.25) is 9.36 Å². The van der Waals surface area contributed by atoms with E-state index in [4.69, 9.17) is 4.42 Å². The summed E-state index contributed by atoms with van der Waals surface area (Å²) in [6.45, 7) is 0.0621. The Kier molecular flexibility index (Phi) is 2.86. The molecule has 0 spiro atoms. The van der Waals surface area contributed by atoms with Gasteiger partial charge in [0.1, 0.15) is 12.1 Å². The van der Waals surface area contributed by atoms with E-state index in [9.17, 15) is 14.0 Å². The molecule has 100 valence electrons. The van der Waals surface area contributed by atoms with Crippen molar-refractivity contribution in [3.63, 3.8) is 0 Å². The molecular formula is C13H8FN3O3. The maximum absolute atomic E-state index is 12.7. The van der Waals surface area contributed by atoms with Crippen LogP contribution in [0.2, 0.25) is 0 Å². The molecule has 3 rings (SSSR count). The van der Waals surface area contributed by atoms with Crippen molar-refractivity contribution in [2.24, 2.45) is 0 Å². The Hall–Kier alpha value is -2.83. The van der Waals surface area contributed by atoms with Crippen molar-refractivity contribution in [2.45, 2.75) is 6.54 Å². The van der Waals surface area contributed by atoms with Crippen LogP contribution in [0.5, 0.6) is 0 Å². The second-order valence-electron chi connectivity index (χ2n) is 4.12. The SMILES string of the molecule is O=Cc1ccc2c(c1)oc(=O)n2Cc1ncc(F)cn1. The number of aldehydes is 1. The van der Waals surface area contributed by atoms with Crippen LogP contribution in [0.3, 0.4) is 0 Å². The van der Waals surface area contributed by atoms with Crippen LogP contribution in [0.4, 0.5) is 4.39 Å². The lowest BCUT2D eigenvalue weighted by Gasteiger charge is -2.00. The van der Waals surface area contributed by atoms with Gasteiger partial charge in [0.05, 0.1) is 24.5 Å². The molecule has 0 saturated heterocycles. The predicted octanol–water partition coefficient (Wildman–Crippen LogP) is 1.38. The van der Waals surface area contributed by atoms with Crippen LogP contribution >= 0.6 is 0 Å². The average molecular weight is 273 g/mol. The highest BCUT2D eigenvalue weighted by Crippen LogP contribution is 2.14. The monoisotopic (exact) mass is 273 g/mol. The molecule has 0 atom stereocenters. The summed E-state index contributed by atoms with van der Waals surface area (Å²) in [5.41, 5.74) is 1.24. The normalized spacial score (nSPS) is 10.8. The molecule has 1 aromatic carbocycles. The van der Waals surface area contributed by atoms with Crippen molar-refractivity contribution < 1.29 is 13.6 Å². The molecule has 0 bridgehead atoms. The number of fused-ring (bicyclic) bond motifs is 1. The van der Waals surface area contributed by atoms with Gasteiger partial charge in [0.15, 0.2) is 11.4 Å². The summed E-state index contributed by atoms with van der Waals surface area (Å²) in [4.78, 5) is 30.1. The van der Waals surface area contributed by atoms with Crippen molar-refractivity contribution in [1.29, 1.82) is 0 Å². The van der Waals surface area contributed by atoms with Crippen LogP contribution < -0.4 is 5.76 Å². The summed E-state index contributed by atoms with van der Waals surface area (Å²) in [6, 6.07) is 4.66. The molecule has 0 amide bonds. The molecular weight excluding hydrogens is 265 g/mol. The smallest absolute Gasteiger partial charge is 0.408 e. The van der Waals surface area contributed by atoms with Crippen LogP contribution in [0.25, 0.3) is 11.1 Å². The van der Waals surface area contributed by atoms with Gasteiger partial charge in [0.25, 0.3) is 0 Å². The number of benzene rings is 1. The van der Waals surface area contributed by atoms with Gasteiger partial charge in [0, 0.05) is 5.56 Å². The van der Waals surface area contributed by atoms with Crippen molar-refractivity contribution in [3.8, 4) is 0 Å². The van der Waals surface area contributed by atoms with Gasteiger partial charge >= 0.3 is 5.76 Å². The van der Waals surface area contributed by atoms with Gasteiger partial charge in [0.2, 0.25) is 0 Å². The standard InChI is InChI=1S/C13H8FN3O3/c14-9-4-15-12(16-5-9)6-17-10-2-1-8(7-18)3-11(10)20-13(17)19/h1-5,7H,6H2. The number of rotatable bonds is 3. The van der Waals surface area contributed by atoms with Gasteiger partial charge in [-0.25, -0.2) is 19.2 Å². The van der Waals surface area contributed by atoms with Gasteiger partial charge in [-0.2, -0.15) is 0 Å². The third kappa shape index (κ3) is 2.09. The largest absolute Gasteiger partial charge is 0.420 e. The van der Waals surface area contributed by atoms with Gasteiger partial charge in [-0.15, -0.1) is 0 Å². The highest BCUT2D eigenvalue weighted by Gasteiger charge is 2.11. The summed E-state index contributed by atoms with van der Waals surface area (Å²) >= 11 is 0. The Morgan fingerprint density at radius 2 is 2.05 bits per heavy atom. The highest BCUT2D eigenvalue weighted by atomic mass is 19.1. The molecule has 20 heavy (non-hydrogen) atoms.